The van der Waals surface area contributed by atoms with Crippen LogP contribution in [0.4, 0.5) is 4.39 Å². The molecule has 1 unspecified atom stereocenters. The lowest BCUT2D eigenvalue weighted by Crippen LogP contribution is -2.35. The number of halogens is 1. The molecule has 8 nitrogen and oxygen atoms in total. The normalized spacial score (nSPS) is 11.9. The number of carbonyl (C=O) groups is 2. The van der Waals surface area contributed by atoms with Crippen LogP contribution in [-0.4, -0.2) is 43.7 Å². The third kappa shape index (κ3) is 4.83. The van der Waals surface area contributed by atoms with E-state index in [1.807, 2.05) is 0 Å². The number of hydrogen-bond acceptors (Lipinski definition) is 5. The summed E-state index contributed by atoms with van der Waals surface area (Å²) in [5.41, 5.74) is 0.635. The Morgan fingerprint density at radius 2 is 2.21 bits per heavy atom. The summed E-state index contributed by atoms with van der Waals surface area (Å²) in [7, 11) is 0. The van der Waals surface area contributed by atoms with Gasteiger partial charge in [0.15, 0.2) is 0 Å². The average molecular weight is 335 g/mol. The molecule has 9 heteroatoms. The van der Waals surface area contributed by atoms with Crippen molar-refractivity contribution in [2.45, 2.75) is 32.2 Å². The first-order valence-corrected chi connectivity index (χ1v) is 7.46. The van der Waals surface area contributed by atoms with Gasteiger partial charge in [-0.05, 0) is 41.5 Å². The largest absolute Gasteiger partial charge is 0.481 e. The molecular weight excluding hydrogens is 317 g/mol. The van der Waals surface area contributed by atoms with Gasteiger partial charge in [0.25, 0.3) is 0 Å². The Bertz CT molecular complexity index is 719. The van der Waals surface area contributed by atoms with Gasteiger partial charge in [0.2, 0.25) is 5.91 Å². The number of nitrogens with one attached hydrogen (secondary N) is 1. The van der Waals surface area contributed by atoms with Gasteiger partial charge in [-0.25, -0.2) is 9.07 Å². The van der Waals surface area contributed by atoms with Crippen LogP contribution in [0, 0.1) is 12.7 Å². The minimum absolute atomic E-state index is 0.0290. The number of tetrazole rings is 1. The fourth-order valence-corrected chi connectivity index (χ4v) is 2.27. The van der Waals surface area contributed by atoms with E-state index in [2.05, 4.69) is 20.8 Å². The highest BCUT2D eigenvalue weighted by Crippen LogP contribution is 2.16. The maximum Gasteiger partial charge on any atom is 0.303 e. The molecule has 1 aromatic carbocycles. The molecule has 0 saturated heterocycles. The van der Waals surface area contributed by atoms with Crippen molar-refractivity contribution < 1.29 is 19.1 Å². The van der Waals surface area contributed by atoms with Gasteiger partial charge in [-0.15, -0.1) is 5.10 Å². The van der Waals surface area contributed by atoms with E-state index < -0.39 is 12.0 Å². The fourth-order valence-electron chi connectivity index (χ4n) is 2.27. The summed E-state index contributed by atoms with van der Waals surface area (Å²) < 4.78 is 14.7. The van der Waals surface area contributed by atoms with Crippen molar-refractivity contribution in [1.82, 2.24) is 25.5 Å². The molecule has 1 aromatic heterocycles. The van der Waals surface area contributed by atoms with Gasteiger partial charge < -0.3 is 10.4 Å². The van der Waals surface area contributed by atoms with Crippen molar-refractivity contribution in [3.05, 3.63) is 41.5 Å². The lowest BCUT2D eigenvalue weighted by Gasteiger charge is -2.17. The molecule has 2 rings (SSSR count). The van der Waals surface area contributed by atoms with Crippen LogP contribution in [0.5, 0.6) is 0 Å². The molecule has 0 radical (unpaired) electrons. The lowest BCUT2D eigenvalue weighted by molar-refractivity contribution is -0.137. The van der Waals surface area contributed by atoms with Gasteiger partial charge in [0.05, 0.1) is 0 Å². The number of aliphatic carboxylic acids is 1. The van der Waals surface area contributed by atoms with Gasteiger partial charge in [-0.3, -0.25) is 9.59 Å². The molecule has 24 heavy (non-hydrogen) atoms. The van der Waals surface area contributed by atoms with Crippen LogP contribution in [0.25, 0.3) is 0 Å². The topological polar surface area (TPSA) is 110 Å². The fraction of sp³-hybridized carbons (Fsp3) is 0.400. The zero-order chi connectivity index (χ0) is 17.5. The van der Waals surface area contributed by atoms with Gasteiger partial charge in [-0.1, -0.05) is 12.1 Å². The summed E-state index contributed by atoms with van der Waals surface area (Å²) in [6, 6.07) is 5.22. The monoisotopic (exact) mass is 335 g/mol. The Kier molecular flexibility index (Phi) is 5.94. The first-order chi connectivity index (χ1) is 11.5. The number of nitrogens with zero attached hydrogens (tertiary/aromatic N) is 4. The number of amides is 1. The highest BCUT2D eigenvalue weighted by Gasteiger charge is 2.24. The van der Waals surface area contributed by atoms with Gasteiger partial charge >= 0.3 is 5.97 Å². The van der Waals surface area contributed by atoms with E-state index in [0.29, 0.717) is 17.8 Å². The lowest BCUT2D eigenvalue weighted by atomic mass is 10.0. The summed E-state index contributed by atoms with van der Waals surface area (Å²) in [6.07, 6.45) is 0.509. The second-order valence-electron chi connectivity index (χ2n) is 5.31. The summed E-state index contributed by atoms with van der Waals surface area (Å²) in [4.78, 5) is 23.0. The van der Waals surface area contributed by atoms with E-state index in [4.69, 9.17) is 5.11 Å². The molecule has 1 atom stereocenters. The summed E-state index contributed by atoms with van der Waals surface area (Å²) in [5, 5.41) is 22.4. The van der Waals surface area contributed by atoms with Gasteiger partial charge in [-0.2, -0.15) is 0 Å². The van der Waals surface area contributed by atoms with Crippen molar-refractivity contribution in [2.75, 3.05) is 6.54 Å². The Labute approximate surface area is 137 Å². The number of aromatic nitrogens is 4. The Hall–Kier alpha value is -2.84. The minimum atomic E-state index is -0.920. The number of hydrogen-bond donors (Lipinski definition) is 2. The number of aryl methyl sites for hydroxylation is 1. The van der Waals surface area contributed by atoms with Crippen LogP contribution in [0.3, 0.4) is 0 Å². The third-order valence-corrected chi connectivity index (χ3v) is 3.44. The van der Waals surface area contributed by atoms with Crippen LogP contribution in [0.1, 0.15) is 30.3 Å². The highest BCUT2D eigenvalue weighted by molar-refractivity contribution is 5.80. The second-order valence-corrected chi connectivity index (χ2v) is 5.31. The second kappa shape index (κ2) is 8.14. The van der Waals surface area contributed by atoms with E-state index in [0.717, 1.165) is 0 Å². The van der Waals surface area contributed by atoms with E-state index in [9.17, 15) is 14.0 Å². The zero-order valence-electron chi connectivity index (χ0n) is 13.1. The molecule has 2 N–H and O–H groups in total. The van der Waals surface area contributed by atoms with Crippen LogP contribution in [-0.2, 0) is 16.0 Å². The molecule has 0 fully saturated rings. The summed E-state index contributed by atoms with van der Waals surface area (Å²) in [5.74, 6) is -1.20. The van der Waals surface area contributed by atoms with Crippen molar-refractivity contribution in [2.24, 2.45) is 0 Å². The molecule has 0 aliphatic heterocycles. The molecule has 0 aliphatic rings. The molecule has 0 aliphatic carbocycles. The van der Waals surface area contributed by atoms with E-state index >= 15 is 0 Å². The Balaban J connectivity index is 2.10. The Morgan fingerprint density at radius 3 is 2.83 bits per heavy atom. The average Bonchev–Trinajstić information content (AvgIpc) is 2.95. The van der Waals surface area contributed by atoms with E-state index in [1.165, 1.54) is 16.8 Å². The van der Waals surface area contributed by atoms with Crippen molar-refractivity contribution in [3.63, 3.8) is 0 Å². The first-order valence-electron chi connectivity index (χ1n) is 7.46. The molecule has 1 heterocycles. The standard InChI is InChI=1S/C15H18FN5O3/c1-10-18-19-20-21(10)13(9-11-4-2-5-12(16)8-11)15(24)17-7-3-6-14(22)23/h2,4-5,8,13H,3,6-7,9H2,1H3,(H,17,24)(H,22,23). The minimum Gasteiger partial charge on any atom is -0.481 e. The SMILES string of the molecule is Cc1nnnn1C(Cc1cccc(F)c1)C(=O)NCCCC(=O)O. The predicted octanol–water partition coefficient (Wildman–Crippen LogP) is 0.885. The summed E-state index contributed by atoms with van der Waals surface area (Å²) in [6.45, 7) is 1.89. The van der Waals surface area contributed by atoms with Crippen LogP contribution in [0.2, 0.25) is 0 Å². The molecule has 0 spiro atoms. The predicted molar refractivity (Wildman–Crippen MR) is 81.6 cm³/mol. The van der Waals surface area contributed by atoms with Crippen molar-refractivity contribution in [3.8, 4) is 0 Å². The van der Waals surface area contributed by atoms with Gasteiger partial charge in [0.1, 0.15) is 17.7 Å². The maximum absolute atomic E-state index is 13.4. The molecule has 1 amide bonds. The number of benzene rings is 1. The highest BCUT2D eigenvalue weighted by atomic mass is 19.1. The van der Waals surface area contributed by atoms with E-state index in [-0.39, 0.29) is 31.1 Å². The van der Waals surface area contributed by atoms with Crippen LogP contribution in [0.15, 0.2) is 24.3 Å². The van der Waals surface area contributed by atoms with E-state index in [1.54, 1.807) is 19.1 Å². The zero-order valence-corrected chi connectivity index (χ0v) is 13.1. The number of rotatable bonds is 8. The third-order valence-electron chi connectivity index (χ3n) is 3.44. The molecule has 0 saturated carbocycles. The maximum atomic E-state index is 13.4. The number of carboxylic acid groups (broad SMARTS) is 1. The Morgan fingerprint density at radius 1 is 1.42 bits per heavy atom. The molecule has 2 aromatic rings. The number of carbonyl (C=O) groups excluding carboxylic acids is 1. The first kappa shape index (κ1) is 17.5. The number of carboxylic acids is 1. The quantitative estimate of drug-likeness (QED) is 0.693. The summed E-state index contributed by atoms with van der Waals surface area (Å²) >= 11 is 0. The van der Waals surface area contributed by atoms with Crippen LogP contribution >= 0.6 is 0 Å². The smallest absolute Gasteiger partial charge is 0.303 e. The molecule has 128 valence electrons. The van der Waals surface area contributed by atoms with Gasteiger partial charge in [0, 0.05) is 19.4 Å². The van der Waals surface area contributed by atoms with Crippen LogP contribution < -0.4 is 5.32 Å². The van der Waals surface area contributed by atoms with Crippen molar-refractivity contribution in [1.29, 1.82) is 0 Å². The van der Waals surface area contributed by atoms with Crippen molar-refractivity contribution >= 4 is 11.9 Å². The molecular formula is C15H18FN5O3. The molecule has 0 bridgehead atoms.